The third-order valence-electron chi connectivity index (χ3n) is 7.39. The quantitative estimate of drug-likeness (QED) is 0.240. The highest BCUT2D eigenvalue weighted by molar-refractivity contribution is 6.09. The molecule has 0 N–H and O–H groups in total. The smallest absolute Gasteiger partial charge is 0.160 e. The average molecular weight is 503 g/mol. The van der Waals surface area contributed by atoms with Crippen LogP contribution in [0.3, 0.4) is 0 Å². The van der Waals surface area contributed by atoms with Gasteiger partial charge in [-0.25, -0.2) is 9.97 Å². The minimum absolute atomic E-state index is 0.733. The summed E-state index contributed by atoms with van der Waals surface area (Å²) in [6, 6.07) is 41.8. The molecule has 7 rings (SSSR count). The Kier molecular flexibility index (Phi) is 5.56. The number of nitrogens with zero attached hydrogens (tertiary/aromatic N) is 2. The minimum atomic E-state index is 0.733. The first-order valence-corrected chi connectivity index (χ1v) is 13.2. The molecule has 0 bridgehead atoms. The summed E-state index contributed by atoms with van der Waals surface area (Å²) in [5, 5.41) is 2.26. The Morgan fingerprint density at radius 2 is 1.23 bits per heavy atom. The number of rotatable bonds is 4. The van der Waals surface area contributed by atoms with E-state index in [1.54, 1.807) is 0 Å². The van der Waals surface area contributed by atoms with Crippen LogP contribution in [0.25, 0.3) is 66.8 Å². The first-order valence-electron chi connectivity index (χ1n) is 13.2. The molecule has 0 fully saturated rings. The lowest BCUT2D eigenvalue weighted by molar-refractivity contribution is 0.670. The van der Waals surface area contributed by atoms with E-state index in [0.29, 0.717) is 0 Å². The highest BCUT2D eigenvalue weighted by Crippen LogP contribution is 2.40. The summed E-state index contributed by atoms with van der Waals surface area (Å²) < 4.78 is 6.37. The van der Waals surface area contributed by atoms with Crippen LogP contribution in [-0.4, -0.2) is 9.97 Å². The maximum absolute atomic E-state index is 6.37. The number of fused-ring (bicyclic) bond motifs is 3. The van der Waals surface area contributed by atoms with Crippen LogP contribution >= 0.6 is 0 Å². The van der Waals surface area contributed by atoms with E-state index < -0.39 is 0 Å². The van der Waals surface area contributed by atoms with Crippen LogP contribution in [0, 0.1) is 13.8 Å². The van der Waals surface area contributed by atoms with Crippen LogP contribution in [0.2, 0.25) is 0 Å². The second-order valence-corrected chi connectivity index (χ2v) is 9.90. The monoisotopic (exact) mass is 502 g/mol. The highest BCUT2D eigenvalue weighted by atomic mass is 16.3. The van der Waals surface area contributed by atoms with E-state index in [1.165, 1.54) is 5.56 Å². The summed E-state index contributed by atoms with van der Waals surface area (Å²) >= 11 is 0. The second-order valence-electron chi connectivity index (χ2n) is 9.90. The van der Waals surface area contributed by atoms with Crippen molar-refractivity contribution < 1.29 is 4.42 Å². The predicted molar refractivity (Wildman–Crippen MR) is 161 cm³/mol. The fraction of sp³-hybridized carbons (Fsp3) is 0.0556. The van der Waals surface area contributed by atoms with Gasteiger partial charge in [-0.3, -0.25) is 0 Å². The predicted octanol–water partition coefficient (Wildman–Crippen LogP) is 9.66. The molecule has 0 aliphatic rings. The van der Waals surface area contributed by atoms with E-state index in [-0.39, 0.29) is 0 Å². The minimum Gasteiger partial charge on any atom is -0.455 e. The molecule has 2 aromatic heterocycles. The summed E-state index contributed by atoms with van der Waals surface area (Å²) in [6.45, 7) is 4.24. The van der Waals surface area contributed by atoms with Crippen LogP contribution in [0.4, 0.5) is 0 Å². The second kappa shape index (κ2) is 9.38. The summed E-state index contributed by atoms with van der Waals surface area (Å²) in [4.78, 5) is 10.1. The van der Waals surface area contributed by atoms with Crippen molar-refractivity contribution in [1.29, 1.82) is 0 Å². The number of hydrogen-bond donors (Lipinski definition) is 0. The number of para-hydroxylation sites is 2. The SMILES string of the molecule is Cc1ccc(-c2cccc3c2oc2ccccc23)cc1-c1c(C)nc(-c2ccccc2)nc1-c1ccccc1. The molecule has 0 aliphatic heterocycles. The fourth-order valence-electron chi connectivity index (χ4n) is 5.45. The third-order valence-corrected chi connectivity index (χ3v) is 7.39. The molecular weight excluding hydrogens is 476 g/mol. The molecule has 39 heavy (non-hydrogen) atoms. The van der Waals surface area contributed by atoms with Gasteiger partial charge in [0.25, 0.3) is 0 Å². The maximum atomic E-state index is 6.37. The van der Waals surface area contributed by atoms with E-state index in [1.807, 2.05) is 36.4 Å². The first kappa shape index (κ1) is 23.1. The van der Waals surface area contributed by atoms with Crippen molar-refractivity contribution >= 4 is 21.9 Å². The Bertz CT molecular complexity index is 1970. The Morgan fingerprint density at radius 3 is 2.03 bits per heavy atom. The summed E-state index contributed by atoms with van der Waals surface area (Å²) in [7, 11) is 0. The molecule has 3 nitrogen and oxygen atoms in total. The zero-order valence-electron chi connectivity index (χ0n) is 21.8. The molecule has 2 heterocycles. The Labute approximate surface area is 227 Å². The zero-order chi connectivity index (χ0) is 26.3. The molecule has 7 aromatic rings. The molecule has 186 valence electrons. The fourth-order valence-corrected chi connectivity index (χ4v) is 5.45. The van der Waals surface area contributed by atoms with Crippen LogP contribution in [0.1, 0.15) is 11.3 Å². The van der Waals surface area contributed by atoms with Gasteiger partial charge in [-0.05, 0) is 42.7 Å². The standard InChI is InChI=1S/C36H26N2O/c1-23-20-21-27(28-17-11-18-30-29-16-9-10-19-32(29)39-35(28)30)22-31(23)33-24(2)37-36(26-14-7-4-8-15-26)38-34(33)25-12-5-3-6-13-25/h3-22H,1-2H3. The summed E-state index contributed by atoms with van der Waals surface area (Å²) in [5.74, 6) is 0.733. The molecule has 0 amide bonds. The van der Waals surface area contributed by atoms with E-state index in [0.717, 1.165) is 72.5 Å². The van der Waals surface area contributed by atoms with E-state index in [9.17, 15) is 0 Å². The molecule has 5 aromatic carbocycles. The van der Waals surface area contributed by atoms with Crippen molar-refractivity contribution in [2.45, 2.75) is 13.8 Å². The van der Waals surface area contributed by atoms with Gasteiger partial charge in [0.2, 0.25) is 0 Å². The number of benzene rings is 5. The molecule has 0 spiro atoms. The van der Waals surface area contributed by atoms with Gasteiger partial charge in [-0.2, -0.15) is 0 Å². The van der Waals surface area contributed by atoms with Gasteiger partial charge in [0.05, 0.1) is 5.69 Å². The lowest BCUT2D eigenvalue weighted by atomic mass is 9.91. The van der Waals surface area contributed by atoms with Crippen molar-refractivity contribution in [2.24, 2.45) is 0 Å². The van der Waals surface area contributed by atoms with Gasteiger partial charge in [0, 0.05) is 38.7 Å². The largest absolute Gasteiger partial charge is 0.455 e. The van der Waals surface area contributed by atoms with E-state index in [4.69, 9.17) is 14.4 Å². The van der Waals surface area contributed by atoms with Crippen molar-refractivity contribution in [3.05, 3.63) is 133 Å². The molecule has 0 atom stereocenters. The lowest BCUT2D eigenvalue weighted by Crippen LogP contribution is -2.01. The van der Waals surface area contributed by atoms with E-state index in [2.05, 4.69) is 98.8 Å². The molecule has 0 aliphatic carbocycles. The molecule has 0 radical (unpaired) electrons. The first-order chi connectivity index (χ1) is 19.2. The Hall–Kier alpha value is -5.02. The molecule has 0 saturated heterocycles. The Morgan fingerprint density at radius 1 is 0.538 bits per heavy atom. The lowest BCUT2D eigenvalue weighted by Gasteiger charge is -2.17. The number of hydrogen-bond acceptors (Lipinski definition) is 3. The van der Waals surface area contributed by atoms with Gasteiger partial charge in [0.15, 0.2) is 5.82 Å². The maximum Gasteiger partial charge on any atom is 0.160 e. The van der Waals surface area contributed by atoms with E-state index >= 15 is 0 Å². The van der Waals surface area contributed by atoms with Crippen molar-refractivity contribution in [3.63, 3.8) is 0 Å². The van der Waals surface area contributed by atoms with Gasteiger partial charge in [0.1, 0.15) is 11.2 Å². The molecule has 3 heteroatoms. The number of aryl methyl sites for hydroxylation is 2. The summed E-state index contributed by atoms with van der Waals surface area (Å²) in [5.41, 5.74) is 11.3. The van der Waals surface area contributed by atoms with Gasteiger partial charge < -0.3 is 4.42 Å². The van der Waals surface area contributed by atoms with Gasteiger partial charge >= 0.3 is 0 Å². The van der Waals surface area contributed by atoms with Crippen LogP contribution < -0.4 is 0 Å². The zero-order valence-corrected chi connectivity index (χ0v) is 21.8. The normalized spacial score (nSPS) is 11.3. The van der Waals surface area contributed by atoms with Crippen LogP contribution in [0.15, 0.2) is 126 Å². The van der Waals surface area contributed by atoms with Gasteiger partial charge in [-0.15, -0.1) is 0 Å². The van der Waals surface area contributed by atoms with Crippen LogP contribution in [0.5, 0.6) is 0 Å². The van der Waals surface area contributed by atoms with Crippen molar-refractivity contribution in [3.8, 4) is 44.9 Å². The van der Waals surface area contributed by atoms with Crippen LogP contribution in [-0.2, 0) is 0 Å². The molecule has 0 saturated carbocycles. The molecule has 0 unspecified atom stereocenters. The van der Waals surface area contributed by atoms with Crippen molar-refractivity contribution in [1.82, 2.24) is 9.97 Å². The summed E-state index contributed by atoms with van der Waals surface area (Å²) in [6.07, 6.45) is 0. The average Bonchev–Trinajstić information content (AvgIpc) is 3.37. The molecular formula is C36H26N2O. The number of aromatic nitrogens is 2. The number of furan rings is 1. The van der Waals surface area contributed by atoms with Crippen molar-refractivity contribution in [2.75, 3.05) is 0 Å². The van der Waals surface area contributed by atoms with Gasteiger partial charge in [-0.1, -0.05) is 109 Å². The third kappa shape index (κ3) is 4.00. The topological polar surface area (TPSA) is 38.9 Å². The Balaban J connectivity index is 1.46. The highest BCUT2D eigenvalue weighted by Gasteiger charge is 2.19.